The van der Waals surface area contributed by atoms with Gasteiger partial charge in [-0.05, 0) is 24.5 Å². The van der Waals surface area contributed by atoms with E-state index in [-0.39, 0.29) is 23.8 Å². The molecule has 0 radical (unpaired) electrons. The van der Waals surface area contributed by atoms with Gasteiger partial charge in [0.05, 0.1) is 6.42 Å². The van der Waals surface area contributed by atoms with Crippen LogP contribution in [0.5, 0.6) is 0 Å². The van der Waals surface area contributed by atoms with Crippen LogP contribution in [0.2, 0.25) is 0 Å². The Bertz CT molecular complexity index is 509. The molecule has 1 aromatic heterocycles. The number of carboxylic acid groups (broad SMARTS) is 1. The molecule has 0 fully saturated rings. The molecule has 6 nitrogen and oxygen atoms in total. The number of nitrogens with zero attached hydrogens (tertiary/aromatic N) is 1. The van der Waals surface area contributed by atoms with Crippen LogP contribution in [0.15, 0.2) is 18.3 Å². The monoisotopic (exact) mass is 293 g/mol. The topological polar surface area (TPSA) is 91.3 Å². The van der Waals surface area contributed by atoms with E-state index in [1.54, 1.807) is 12.1 Å². The van der Waals surface area contributed by atoms with Crippen LogP contribution in [-0.2, 0) is 4.79 Å². The normalized spacial score (nSPS) is 12.6. The second kappa shape index (κ2) is 7.06. The molecule has 1 aromatic rings. The number of nitrogens with one attached hydrogen (secondary N) is 2. The summed E-state index contributed by atoms with van der Waals surface area (Å²) in [6.07, 6.45) is 1.54. The first-order valence-corrected chi connectivity index (χ1v) is 6.96. The summed E-state index contributed by atoms with van der Waals surface area (Å²) in [5.41, 5.74) is 0.769. The summed E-state index contributed by atoms with van der Waals surface area (Å²) in [6.45, 7) is 8.28. The minimum atomic E-state index is -0.861. The predicted molar refractivity (Wildman–Crippen MR) is 81.4 cm³/mol. The first kappa shape index (κ1) is 16.9. The maximum atomic E-state index is 11.8. The Morgan fingerprint density at radius 1 is 1.38 bits per heavy atom. The Morgan fingerprint density at radius 3 is 2.57 bits per heavy atom. The lowest BCUT2D eigenvalue weighted by Crippen LogP contribution is -2.36. The molecular weight excluding hydrogens is 270 g/mol. The van der Waals surface area contributed by atoms with Gasteiger partial charge in [0, 0.05) is 24.5 Å². The molecule has 1 atom stereocenters. The molecule has 1 heterocycles. The zero-order valence-electron chi connectivity index (χ0n) is 12.9. The Kier molecular flexibility index (Phi) is 5.69. The number of aliphatic carboxylic acids is 1. The molecule has 21 heavy (non-hydrogen) atoms. The lowest BCUT2D eigenvalue weighted by Gasteiger charge is -2.31. The third kappa shape index (κ3) is 5.41. The summed E-state index contributed by atoms with van der Waals surface area (Å²) in [7, 11) is 0. The number of carboxylic acids is 1. The Balaban J connectivity index is 2.91. The number of anilines is 1. The van der Waals surface area contributed by atoms with Crippen LogP contribution in [0.4, 0.5) is 5.69 Å². The van der Waals surface area contributed by atoms with Crippen molar-refractivity contribution < 1.29 is 14.7 Å². The largest absolute Gasteiger partial charge is 0.481 e. The number of carbonyl (C=O) groups excluding carboxylic acids is 1. The van der Waals surface area contributed by atoms with Gasteiger partial charge in [0.1, 0.15) is 5.69 Å². The molecule has 0 aliphatic rings. The number of carbonyl (C=O) groups is 2. The number of hydrogen-bond donors (Lipinski definition) is 3. The molecule has 0 saturated heterocycles. The van der Waals surface area contributed by atoms with Crippen molar-refractivity contribution in [1.82, 2.24) is 10.3 Å². The number of aromatic nitrogens is 1. The summed E-state index contributed by atoms with van der Waals surface area (Å²) in [6, 6.07) is 3.11. The summed E-state index contributed by atoms with van der Waals surface area (Å²) in [5, 5.41) is 14.9. The lowest BCUT2D eigenvalue weighted by molar-refractivity contribution is -0.137. The highest BCUT2D eigenvalue weighted by Crippen LogP contribution is 2.25. The molecule has 0 aromatic carbocycles. The molecule has 3 N–H and O–H groups in total. The fourth-order valence-corrected chi connectivity index (χ4v) is 1.85. The molecule has 0 aliphatic heterocycles. The van der Waals surface area contributed by atoms with Crippen LogP contribution in [0, 0.1) is 5.41 Å². The zero-order valence-corrected chi connectivity index (χ0v) is 12.9. The number of hydrogen-bond acceptors (Lipinski definition) is 4. The Hall–Kier alpha value is -2.11. The SMILES string of the molecule is CCNC(=O)c1cc(NC(CC(=O)O)C(C)(C)C)ccn1. The van der Waals surface area contributed by atoms with Gasteiger partial charge in [-0.25, -0.2) is 0 Å². The van der Waals surface area contributed by atoms with Gasteiger partial charge in [-0.2, -0.15) is 0 Å². The predicted octanol–water partition coefficient (Wildman–Crippen LogP) is 2.13. The van der Waals surface area contributed by atoms with Crippen LogP contribution >= 0.6 is 0 Å². The highest BCUT2D eigenvalue weighted by Gasteiger charge is 2.27. The minimum Gasteiger partial charge on any atom is -0.481 e. The zero-order chi connectivity index (χ0) is 16.0. The third-order valence-corrected chi connectivity index (χ3v) is 3.09. The van der Waals surface area contributed by atoms with Crippen LogP contribution in [-0.4, -0.2) is 34.6 Å². The summed E-state index contributed by atoms with van der Waals surface area (Å²) >= 11 is 0. The van der Waals surface area contributed by atoms with Crippen LogP contribution in [0.25, 0.3) is 0 Å². The van der Waals surface area contributed by atoms with Crippen LogP contribution in [0.3, 0.4) is 0 Å². The van der Waals surface area contributed by atoms with E-state index in [0.717, 1.165) is 0 Å². The second-order valence-corrected chi connectivity index (χ2v) is 5.95. The number of rotatable bonds is 6. The van der Waals surface area contributed by atoms with E-state index < -0.39 is 5.97 Å². The van der Waals surface area contributed by atoms with Crippen molar-refractivity contribution in [2.45, 2.75) is 40.2 Å². The van der Waals surface area contributed by atoms with E-state index in [4.69, 9.17) is 5.11 Å². The van der Waals surface area contributed by atoms with E-state index in [2.05, 4.69) is 15.6 Å². The van der Waals surface area contributed by atoms with Crippen molar-refractivity contribution in [2.24, 2.45) is 5.41 Å². The molecule has 1 rings (SSSR count). The highest BCUT2D eigenvalue weighted by molar-refractivity contribution is 5.93. The van der Waals surface area contributed by atoms with Gasteiger partial charge >= 0.3 is 5.97 Å². The van der Waals surface area contributed by atoms with E-state index >= 15 is 0 Å². The van der Waals surface area contributed by atoms with Crippen molar-refractivity contribution in [3.8, 4) is 0 Å². The van der Waals surface area contributed by atoms with E-state index in [9.17, 15) is 9.59 Å². The van der Waals surface area contributed by atoms with Crippen molar-refractivity contribution in [3.63, 3.8) is 0 Å². The number of pyridine rings is 1. The third-order valence-electron chi connectivity index (χ3n) is 3.09. The smallest absolute Gasteiger partial charge is 0.305 e. The van der Waals surface area contributed by atoms with Crippen LogP contribution < -0.4 is 10.6 Å². The fourth-order valence-electron chi connectivity index (χ4n) is 1.85. The molecule has 0 bridgehead atoms. The molecule has 0 saturated carbocycles. The summed E-state index contributed by atoms with van der Waals surface area (Å²) < 4.78 is 0. The molecule has 0 aliphatic carbocycles. The average molecular weight is 293 g/mol. The van der Waals surface area contributed by atoms with Crippen molar-refractivity contribution in [2.75, 3.05) is 11.9 Å². The molecule has 6 heteroatoms. The van der Waals surface area contributed by atoms with Gasteiger partial charge in [0.2, 0.25) is 0 Å². The molecular formula is C15H23N3O3. The maximum Gasteiger partial charge on any atom is 0.305 e. The first-order valence-electron chi connectivity index (χ1n) is 6.96. The lowest BCUT2D eigenvalue weighted by atomic mass is 9.84. The molecule has 1 amide bonds. The van der Waals surface area contributed by atoms with Crippen molar-refractivity contribution >= 4 is 17.6 Å². The average Bonchev–Trinajstić information content (AvgIpc) is 2.37. The minimum absolute atomic E-state index is 0.00229. The van der Waals surface area contributed by atoms with E-state index in [1.807, 2.05) is 27.7 Å². The maximum absolute atomic E-state index is 11.8. The quantitative estimate of drug-likeness (QED) is 0.747. The van der Waals surface area contributed by atoms with Gasteiger partial charge in [0.15, 0.2) is 0 Å². The first-order chi connectivity index (χ1) is 9.74. The van der Waals surface area contributed by atoms with E-state index in [1.165, 1.54) is 6.20 Å². The Morgan fingerprint density at radius 2 is 2.05 bits per heavy atom. The van der Waals surface area contributed by atoms with Crippen LogP contribution in [0.1, 0.15) is 44.6 Å². The van der Waals surface area contributed by atoms with Gasteiger partial charge < -0.3 is 15.7 Å². The highest BCUT2D eigenvalue weighted by atomic mass is 16.4. The van der Waals surface area contributed by atoms with Crippen molar-refractivity contribution in [1.29, 1.82) is 0 Å². The molecule has 0 spiro atoms. The Labute approximate surface area is 125 Å². The van der Waals surface area contributed by atoms with E-state index in [0.29, 0.717) is 17.9 Å². The van der Waals surface area contributed by atoms with Gasteiger partial charge in [-0.3, -0.25) is 14.6 Å². The van der Waals surface area contributed by atoms with Gasteiger partial charge in [0.25, 0.3) is 5.91 Å². The molecule has 116 valence electrons. The summed E-state index contributed by atoms with van der Waals surface area (Å²) in [4.78, 5) is 26.8. The standard InChI is InChI=1S/C15H23N3O3/c1-5-16-14(21)11-8-10(6-7-17-11)18-12(9-13(19)20)15(2,3)4/h6-8,12H,5,9H2,1-4H3,(H,16,21)(H,17,18)(H,19,20). The molecule has 1 unspecified atom stereocenters. The van der Waals surface area contributed by atoms with Gasteiger partial charge in [-0.15, -0.1) is 0 Å². The van der Waals surface area contributed by atoms with Gasteiger partial charge in [-0.1, -0.05) is 20.8 Å². The fraction of sp³-hybridized carbons (Fsp3) is 0.533. The second-order valence-electron chi connectivity index (χ2n) is 5.95. The van der Waals surface area contributed by atoms with Crippen molar-refractivity contribution in [3.05, 3.63) is 24.0 Å². The summed E-state index contributed by atoms with van der Waals surface area (Å²) in [5.74, 6) is -1.10. The number of amides is 1.